The van der Waals surface area contributed by atoms with Gasteiger partial charge in [0.05, 0.1) is 47.0 Å². The van der Waals surface area contributed by atoms with Crippen molar-refractivity contribution in [3.8, 4) is 17.2 Å². The van der Waals surface area contributed by atoms with E-state index in [1.54, 1.807) is 19.6 Å². The quantitative estimate of drug-likeness (QED) is 0.267. The second kappa shape index (κ2) is 13.9. The van der Waals surface area contributed by atoms with E-state index in [4.69, 9.17) is 14.2 Å². The summed E-state index contributed by atoms with van der Waals surface area (Å²) in [5.74, 6) is -0.490. The predicted molar refractivity (Wildman–Crippen MR) is 171 cm³/mol. The summed E-state index contributed by atoms with van der Waals surface area (Å²) in [4.78, 5) is 35.3. The molecule has 11 heteroatoms. The topological polar surface area (TPSA) is 106 Å². The van der Waals surface area contributed by atoms with Crippen molar-refractivity contribution in [3.05, 3.63) is 66.2 Å². The monoisotopic (exact) mass is 620 g/mol. The Kier molecular flexibility index (Phi) is 9.99. The Morgan fingerprint density at radius 1 is 1.18 bits per heavy atom. The van der Waals surface area contributed by atoms with Crippen molar-refractivity contribution in [3.63, 3.8) is 0 Å². The molecule has 0 aliphatic carbocycles. The molecule has 242 valence electrons. The molecule has 2 aliphatic heterocycles. The van der Waals surface area contributed by atoms with E-state index < -0.39 is 11.9 Å². The average molecular weight is 621 g/mol. The number of aryl methyl sites for hydroxylation is 1. The van der Waals surface area contributed by atoms with Gasteiger partial charge in [-0.3, -0.25) is 14.5 Å². The summed E-state index contributed by atoms with van der Waals surface area (Å²) in [5, 5.41) is 10.6. The van der Waals surface area contributed by atoms with Gasteiger partial charge in [-0.1, -0.05) is 25.5 Å². The van der Waals surface area contributed by atoms with Crippen LogP contribution in [0.2, 0.25) is 0 Å². The number of rotatable bonds is 14. The van der Waals surface area contributed by atoms with E-state index in [0.29, 0.717) is 43.3 Å². The van der Waals surface area contributed by atoms with Gasteiger partial charge in [-0.15, -0.1) is 0 Å². The summed E-state index contributed by atoms with van der Waals surface area (Å²) in [6.45, 7) is 4.74. The molecular formula is C34H46N5O6+. The lowest BCUT2D eigenvalue weighted by Crippen LogP contribution is -2.45. The molecule has 0 bridgehead atoms. The number of carbonyl (C=O) groups excluding carboxylic acids is 1. The molecule has 0 saturated carbocycles. The zero-order valence-corrected chi connectivity index (χ0v) is 27.0. The number of carbonyl (C=O) groups is 2. The second-order valence-corrected chi connectivity index (χ2v) is 13.0. The standard InChI is InChI=1S/C34H45N5O6/c1-6-7-13-38(26-10-8-9-24(16-26)21-39(2,3)4)31(40)20-37-19-27(25-17-29(43-5)33-30(18-25)44-23-45-33)32(34(41)42)28(37)11-14-36-15-12-35-22-36/h8-10,12,15-18,22,27-28,32H,6-7,11,13-14,19-21,23H2,1-5H3/p+1. The third-order valence-corrected chi connectivity index (χ3v) is 8.64. The number of aliphatic carboxylic acids is 1. The molecular weight excluding hydrogens is 574 g/mol. The Labute approximate surface area is 265 Å². The molecule has 0 spiro atoms. The number of methoxy groups -OCH3 is 1. The number of fused-ring (bicyclic) bond motifs is 1. The van der Waals surface area contributed by atoms with E-state index in [1.807, 2.05) is 39.9 Å². The molecule has 0 radical (unpaired) electrons. The SMILES string of the molecule is CCCCN(C(=O)CN1CC(c2cc(OC)c3c(c2)OCO3)C(C(=O)O)C1CCn1ccnc1)c1cccc(C[N+](C)(C)C)c1. The number of hydrogen-bond donors (Lipinski definition) is 1. The fourth-order valence-corrected chi connectivity index (χ4v) is 6.60. The van der Waals surface area contributed by atoms with Crippen LogP contribution in [0.15, 0.2) is 55.1 Å². The van der Waals surface area contributed by atoms with Crippen LogP contribution in [-0.2, 0) is 22.7 Å². The highest BCUT2D eigenvalue weighted by Crippen LogP contribution is 2.47. The maximum atomic E-state index is 14.2. The predicted octanol–water partition coefficient (Wildman–Crippen LogP) is 4.22. The van der Waals surface area contributed by atoms with Crippen LogP contribution in [0.1, 0.15) is 43.2 Å². The Morgan fingerprint density at radius 3 is 2.69 bits per heavy atom. The molecule has 5 rings (SSSR count). The van der Waals surface area contributed by atoms with Crippen LogP contribution in [0.3, 0.4) is 0 Å². The zero-order chi connectivity index (χ0) is 32.1. The highest BCUT2D eigenvalue weighted by Gasteiger charge is 2.47. The molecule has 3 atom stereocenters. The van der Waals surface area contributed by atoms with Crippen LogP contribution in [0.25, 0.3) is 0 Å². The number of carboxylic acids is 1. The van der Waals surface area contributed by atoms with Crippen LogP contribution in [-0.4, -0.2) is 96.6 Å². The first-order valence-electron chi connectivity index (χ1n) is 15.7. The lowest BCUT2D eigenvalue weighted by Gasteiger charge is -2.30. The van der Waals surface area contributed by atoms with Gasteiger partial charge >= 0.3 is 5.97 Å². The Hall–Kier alpha value is -4.09. The fraction of sp³-hybridized carbons (Fsp3) is 0.500. The van der Waals surface area contributed by atoms with Crippen LogP contribution in [0.5, 0.6) is 17.2 Å². The average Bonchev–Trinajstić information content (AvgIpc) is 3.75. The van der Waals surface area contributed by atoms with Crippen molar-refractivity contribution in [2.75, 3.05) is 59.6 Å². The lowest BCUT2D eigenvalue weighted by molar-refractivity contribution is -0.884. The number of unbranched alkanes of at least 4 members (excludes halogenated alkanes) is 1. The van der Waals surface area contributed by atoms with Gasteiger partial charge in [0, 0.05) is 55.2 Å². The van der Waals surface area contributed by atoms with E-state index in [9.17, 15) is 14.7 Å². The molecule has 1 fully saturated rings. The number of quaternary nitrogens is 1. The Bertz CT molecular complexity index is 1470. The summed E-state index contributed by atoms with van der Waals surface area (Å²) in [6, 6.07) is 11.5. The molecule has 1 saturated heterocycles. The highest BCUT2D eigenvalue weighted by molar-refractivity contribution is 5.95. The lowest BCUT2D eigenvalue weighted by atomic mass is 9.84. The maximum Gasteiger partial charge on any atom is 0.308 e. The van der Waals surface area contributed by atoms with Crippen molar-refractivity contribution >= 4 is 17.6 Å². The zero-order valence-electron chi connectivity index (χ0n) is 27.0. The van der Waals surface area contributed by atoms with E-state index in [1.165, 1.54) is 0 Å². The van der Waals surface area contributed by atoms with Crippen LogP contribution >= 0.6 is 0 Å². The van der Waals surface area contributed by atoms with Gasteiger partial charge < -0.3 is 33.3 Å². The smallest absolute Gasteiger partial charge is 0.308 e. The van der Waals surface area contributed by atoms with Gasteiger partial charge in [0.25, 0.3) is 0 Å². The number of amides is 1. The Morgan fingerprint density at radius 2 is 2.00 bits per heavy atom. The molecule has 11 nitrogen and oxygen atoms in total. The first kappa shape index (κ1) is 32.3. The summed E-state index contributed by atoms with van der Waals surface area (Å²) in [7, 11) is 8.00. The van der Waals surface area contributed by atoms with E-state index in [0.717, 1.165) is 40.7 Å². The number of likely N-dealkylation sites (tertiary alicyclic amines) is 1. The summed E-state index contributed by atoms with van der Waals surface area (Å²) in [5.41, 5.74) is 2.83. The molecule has 1 aromatic heterocycles. The third-order valence-electron chi connectivity index (χ3n) is 8.64. The summed E-state index contributed by atoms with van der Waals surface area (Å²) in [6.07, 6.45) is 7.69. The maximum absolute atomic E-state index is 14.2. The Balaban J connectivity index is 1.46. The van der Waals surface area contributed by atoms with E-state index >= 15 is 0 Å². The number of aromatic nitrogens is 2. The number of ether oxygens (including phenoxy) is 3. The van der Waals surface area contributed by atoms with Crippen LogP contribution in [0.4, 0.5) is 5.69 Å². The number of imidazole rings is 1. The fourth-order valence-electron chi connectivity index (χ4n) is 6.60. The molecule has 3 aromatic rings. The van der Waals surface area contributed by atoms with Gasteiger partial charge in [0.2, 0.25) is 18.4 Å². The van der Waals surface area contributed by atoms with Crippen molar-refractivity contribution in [2.45, 2.75) is 51.2 Å². The molecule has 3 unspecified atom stereocenters. The second-order valence-electron chi connectivity index (χ2n) is 13.0. The number of carboxylic acid groups (broad SMARTS) is 1. The first-order valence-corrected chi connectivity index (χ1v) is 15.7. The number of benzene rings is 2. The summed E-state index contributed by atoms with van der Waals surface area (Å²) >= 11 is 0. The van der Waals surface area contributed by atoms with Gasteiger partial charge in [-0.05, 0) is 42.7 Å². The number of nitrogens with zero attached hydrogens (tertiary/aromatic N) is 5. The van der Waals surface area contributed by atoms with Crippen molar-refractivity contribution in [2.24, 2.45) is 5.92 Å². The van der Waals surface area contributed by atoms with Crippen molar-refractivity contribution in [1.29, 1.82) is 0 Å². The molecule has 2 aliphatic rings. The normalized spacial score (nSPS) is 19.5. The van der Waals surface area contributed by atoms with Crippen molar-refractivity contribution in [1.82, 2.24) is 14.5 Å². The van der Waals surface area contributed by atoms with Gasteiger partial charge in [0.1, 0.15) is 6.54 Å². The minimum absolute atomic E-state index is 0.0356. The number of hydrogen-bond acceptors (Lipinski definition) is 7. The van der Waals surface area contributed by atoms with Crippen LogP contribution in [0, 0.1) is 5.92 Å². The molecule has 3 heterocycles. The van der Waals surface area contributed by atoms with Gasteiger partial charge in [-0.2, -0.15) is 0 Å². The van der Waals surface area contributed by atoms with E-state index in [-0.39, 0.29) is 31.2 Å². The number of anilines is 1. The third kappa shape index (κ3) is 7.59. The molecule has 1 amide bonds. The minimum atomic E-state index is -0.891. The van der Waals surface area contributed by atoms with Crippen LogP contribution < -0.4 is 19.1 Å². The van der Waals surface area contributed by atoms with Gasteiger partial charge in [0.15, 0.2) is 11.5 Å². The molecule has 1 N–H and O–H groups in total. The first-order chi connectivity index (χ1) is 21.6. The molecule has 45 heavy (non-hydrogen) atoms. The van der Waals surface area contributed by atoms with Crippen molar-refractivity contribution < 1.29 is 33.4 Å². The largest absolute Gasteiger partial charge is 0.493 e. The highest BCUT2D eigenvalue weighted by atomic mass is 16.7. The summed E-state index contributed by atoms with van der Waals surface area (Å²) < 4.78 is 19.6. The molecule has 2 aromatic carbocycles. The van der Waals surface area contributed by atoms with Gasteiger partial charge in [-0.25, -0.2) is 4.98 Å². The van der Waals surface area contributed by atoms with E-state index in [2.05, 4.69) is 50.1 Å². The minimum Gasteiger partial charge on any atom is -0.493 e.